The summed E-state index contributed by atoms with van der Waals surface area (Å²) in [5.74, 6) is 0.422. The van der Waals surface area contributed by atoms with Gasteiger partial charge in [-0.2, -0.15) is 0 Å². The molecule has 27 heavy (non-hydrogen) atoms. The van der Waals surface area contributed by atoms with Crippen LogP contribution in [0.3, 0.4) is 0 Å². The topological polar surface area (TPSA) is 80.3 Å². The Kier molecular flexibility index (Phi) is 6.06. The number of nitrogens with zero attached hydrogens (tertiary/aromatic N) is 1. The largest absolute Gasteiger partial charge is 0.496 e. The zero-order valence-electron chi connectivity index (χ0n) is 15.7. The Hall–Kier alpha value is -2.89. The molecule has 1 aliphatic carbocycles. The van der Waals surface area contributed by atoms with Gasteiger partial charge < -0.3 is 15.4 Å². The Morgan fingerprint density at radius 2 is 1.85 bits per heavy atom. The van der Waals surface area contributed by atoms with Crippen LogP contribution in [-0.4, -0.2) is 29.9 Å². The maximum atomic E-state index is 12.5. The van der Waals surface area contributed by atoms with Gasteiger partial charge in [0.05, 0.1) is 24.6 Å². The van der Waals surface area contributed by atoms with E-state index in [0.29, 0.717) is 11.3 Å². The minimum absolute atomic E-state index is 0.0283. The summed E-state index contributed by atoms with van der Waals surface area (Å²) in [5, 5.41) is 6.04. The van der Waals surface area contributed by atoms with Gasteiger partial charge in [-0.25, -0.2) is 0 Å². The molecule has 3 rings (SSSR count). The number of rotatable bonds is 5. The number of methoxy groups -OCH3 is 1. The predicted molar refractivity (Wildman–Crippen MR) is 104 cm³/mol. The minimum atomic E-state index is -0.133. The van der Waals surface area contributed by atoms with Gasteiger partial charge >= 0.3 is 0 Å². The van der Waals surface area contributed by atoms with E-state index in [2.05, 4.69) is 15.6 Å². The molecule has 0 saturated heterocycles. The van der Waals surface area contributed by atoms with E-state index in [4.69, 9.17) is 4.74 Å². The van der Waals surface area contributed by atoms with Crippen molar-refractivity contribution in [1.82, 2.24) is 10.3 Å². The average molecular weight is 367 g/mol. The third kappa shape index (κ3) is 4.64. The van der Waals surface area contributed by atoms with Crippen LogP contribution in [0.4, 0.5) is 5.69 Å². The van der Waals surface area contributed by atoms with E-state index in [1.54, 1.807) is 31.6 Å². The third-order valence-electron chi connectivity index (χ3n) is 5.08. The SMILES string of the molecule is COc1ccccc1C(=O)NC1CCC(C(=O)Nc2cnccc2C)CC1. The van der Waals surface area contributed by atoms with Gasteiger partial charge in [-0.05, 0) is 56.4 Å². The zero-order chi connectivity index (χ0) is 19.2. The fourth-order valence-corrected chi connectivity index (χ4v) is 3.42. The first-order chi connectivity index (χ1) is 13.1. The van der Waals surface area contributed by atoms with Gasteiger partial charge in [-0.1, -0.05) is 12.1 Å². The van der Waals surface area contributed by atoms with Crippen LogP contribution in [0.15, 0.2) is 42.7 Å². The Balaban J connectivity index is 1.52. The molecule has 2 amide bonds. The number of carbonyl (C=O) groups is 2. The van der Waals surface area contributed by atoms with Crippen molar-refractivity contribution < 1.29 is 14.3 Å². The highest BCUT2D eigenvalue weighted by Crippen LogP contribution is 2.27. The van der Waals surface area contributed by atoms with Crippen molar-refractivity contribution >= 4 is 17.5 Å². The number of amides is 2. The second-order valence-electron chi connectivity index (χ2n) is 6.90. The minimum Gasteiger partial charge on any atom is -0.496 e. The van der Waals surface area contributed by atoms with E-state index < -0.39 is 0 Å². The molecule has 142 valence electrons. The molecule has 1 saturated carbocycles. The number of anilines is 1. The predicted octanol–water partition coefficient (Wildman–Crippen LogP) is 3.33. The first-order valence-corrected chi connectivity index (χ1v) is 9.24. The van der Waals surface area contributed by atoms with Gasteiger partial charge in [-0.15, -0.1) is 0 Å². The molecule has 1 fully saturated rings. The second-order valence-corrected chi connectivity index (χ2v) is 6.90. The van der Waals surface area contributed by atoms with Gasteiger partial charge in [0.1, 0.15) is 5.75 Å². The summed E-state index contributed by atoms with van der Waals surface area (Å²) in [6.45, 7) is 1.95. The number of hydrogen-bond acceptors (Lipinski definition) is 4. The van der Waals surface area contributed by atoms with Gasteiger partial charge in [0.25, 0.3) is 5.91 Å². The highest BCUT2D eigenvalue weighted by Gasteiger charge is 2.28. The van der Waals surface area contributed by atoms with Gasteiger partial charge in [0.15, 0.2) is 0 Å². The standard InChI is InChI=1S/C21H25N3O3/c1-14-11-12-22-13-18(14)24-20(25)15-7-9-16(10-8-15)23-21(26)17-5-3-4-6-19(17)27-2/h3-6,11-13,15-16H,7-10H2,1-2H3,(H,23,26)(H,24,25). The first-order valence-electron chi connectivity index (χ1n) is 9.24. The smallest absolute Gasteiger partial charge is 0.255 e. The summed E-state index contributed by atoms with van der Waals surface area (Å²) in [7, 11) is 1.56. The molecule has 0 bridgehead atoms. The lowest BCUT2D eigenvalue weighted by Crippen LogP contribution is -2.39. The molecule has 6 nitrogen and oxygen atoms in total. The molecule has 0 radical (unpaired) electrons. The van der Waals surface area contributed by atoms with Crippen molar-refractivity contribution in [3.8, 4) is 5.75 Å². The van der Waals surface area contributed by atoms with E-state index in [1.807, 2.05) is 25.1 Å². The number of aryl methyl sites for hydroxylation is 1. The molecular formula is C21H25N3O3. The van der Waals surface area contributed by atoms with Crippen molar-refractivity contribution in [2.24, 2.45) is 5.92 Å². The number of benzene rings is 1. The van der Waals surface area contributed by atoms with Crippen molar-refractivity contribution in [3.63, 3.8) is 0 Å². The quantitative estimate of drug-likeness (QED) is 0.849. The summed E-state index contributed by atoms with van der Waals surface area (Å²) < 4.78 is 5.25. The van der Waals surface area contributed by atoms with E-state index in [9.17, 15) is 9.59 Å². The van der Waals surface area contributed by atoms with Gasteiger partial charge in [-0.3, -0.25) is 14.6 Å². The second kappa shape index (κ2) is 8.66. The van der Waals surface area contributed by atoms with Crippen LogP contribution < -0.4 is 15.4 Å². The third-order valence-corrected chi connectivity index (χ3v) is 5.08. The summed E-state index contributed by atoms with van der Waals surface area (Å²) in [5.41, 5.74) is 2.29. The summed E-state index contributed by atoms with van der Waals surface area (Å²) in [4.78, 5) is 29.1. The molecule has 6 heteroatoms. The van der Waals surface area contributed by atoms with Crippen LogP contribution in [0.25, 0.3) is 0 Å². The lowest BCUT2D eigenvalue weighted by Gasteiger charge is -2.28. The Labute approximate surface area is 159 Å². The molecule has 1 aromatic carbocycles. The van der Waals surface area contributed by atoms with Crippen molar-refractivity contribution in [3.05, 3.63) is 53.9 Å². The fraction of sp³-hybridized carbons (Fsp3) is 0.381. The first kappa shape index (κ1) is 18.9. The highest BCUT2D eigenvalue weighted by molar-refractivity contribution is 5.97. The van der Waals surface area contributed by atoms with Crippen LogP contribution in [0, 0.1) is 12.8 Å². The summed E-state index contributed by atoms with van der Waals surface area (Å²) in [6.07, 6.45) is 6.45. The Morgan fingerprint density at radius 1 is 1.11 bits per heavy atom. The highest BCUT2D eigenvalue weighted by atomic mass is 16.5. The van der Waals surface area contributed by atoms with Crippen LogP contribution in [0.5, 0.6) is 5.75 Å². The van der Waals surface area contributed by atoms with E-state index >= 15 is 0 Å². The maximum absolute atomic E-state index is 12.5. The van der Waals surface area contributed by atoms with Crippen LogP contribution in [-0.2, 0) is 4.79 Å². The van der Waals surface area contributed by atoms with Crippen LogP contribution in [0.1, 0.15) is 41.6 Å². The molecule has 1 heterocycles. The monoisotopic (exact) mass is 367 g/mol. The van der Waals surface area contributed by atoms with E-state index in [0.717, 1.165) is 36.9 Å². The molecule has 0 aliphatic heterocycles. The molecule has 1 aliphatic rings. The Morgan fingerprint density at radius 3 is 2.56 bits per heavy atom. The van der Waals surface area contributed by atoms with E-state index in [1.165, 1.54) is 0 Å². The van der Waals surface area contributed by atoms with Gasteiger partial charge in [0, 0.05) is 18.2 Å². The molecule has 1 aromatic heterocycles. The number of aromatic nitrogens is 1. The number of nitrogens with one attached hydrogen (secondary N) is 2. The molecular weight excluding hydrogens is 342 g/mol. The van der Waals surface area contributed by atoms with Crippen molar-refractivity contribution in [2.75, 3.05) is 12.4 Å². The van der Waals surface area contributed by atoms with Gasteiger partial charge in [0.2, 0.25) is 5.91 Å². The normalized spacial score (nSPS) is 19.2. The van der Waals surface area contributed by atoms with Crippen LogP contribution >= 0.6 is 0 Å². The lowest BCUT2D eigenvalue weighted by molar-refractivity contribution is -0.120. The number of ether oxygens (including phenoxy) is 1. The zero-order valence-corrected chi connectivity index (χ0v) is 15.7. The van der Waals surface area contributed by atoms with Crippen molar-refractivity contribution in [2.45, 2.75) is 38.6 Å². The van der Waals surface area contributed by atoms with Crippen molar-refractivity contribution in [1.29, 1.82) is 0 Å². The number of carbonyl (C=O) groups excluding carboxylic acids is 2. The molecule has 0 unspecified atom stereocenters. The van der Waals surface area contributed by atoms with E-state index in [-0.39, 0.29) is 23.8 Å². The Bertz CT molecular complexity index is 814. The molecule has 0 spiro atoms. The maximum Gasteiger partial charge on any atom is 0.255 e. The van der Waals surface area contributed by atoms with Crippen LogP contribution in [0.2, 0.25) is 0 Å². The molecule has 0 atom stereocenters. The number of hydrogen-bond donors (Lipinski definition) is 2. The number of para-hydroxylation sites is 1. The summed E-state index contributed by atoms with van der Waals surface area (Å²) in [6, 6.07) is 9.13. The molecule has 2 N–H and O–H groups in total. The fourth-order valence-electron chi connectivity index (χ4n) is 3.42. The summed E-state index contributed by atoms with van der Waals surface area (Å²) >= 11 is 0. The lowest BCUT2D eigenvalue weighted by atomic mass is 9.85. The molecule has 2 aromatic rings. The average Bonchev–Trinajstić information content (AvgIpc) is 2.70. The number of pyridine rings is 1.